The molecular formula is C33H34N2O6. The van der Waals surface area contributed by atoms with E-state index in [0.29, 0.717) is 12.5 Å². The fourth-order valence-corrected chi connectivity index (χ4v) is 6.63. The number of ether oxygens (including phenoxy) is 4. The minimum atomic E-state index is -0.966. The molecule has 4 atom stereocenters. The van der Waals surface area contributed by atoms with E-state index >= 15 is 0 Å². The molecule has 2 bridgehead atoms. The predicted molar refractivity (Wildman–Crippen MR) is 154 cm³/mol. The molecule has 3 aromatic carbocycles. The quantitative estimate of drug-likeness (QED) is 0.297. The molecule has 8 nitrogen and oxygen atoms in total. The van der Waals surface area contributed by atoms with Gasteiger partial charge >= 0.3 is 5.69 Å². The molecule has 1 N–H and O–H groups in total. The molecule has 1 saturated heterocycles. The Morgan fingerprint density at radius 2 is 1.44 bits per heavy atom. The van der Waals surface area contributed by atoms with Gasteiger partial charge in [-0.1, -0.05) is 61.5 Å². The highest BCUT2D eigenvalue weighted by molar-refractivity contribution is 5.49. The second kappa shape index (κ2) is 10.7. The SMILES string of the molecule is COc1ccc(C(OCC23CC(C)C(C2)C(n2ccc(=O)[nH]c2=O)O3)(c2ccccc2)c2ccc(OC)cc2)cc1. The molecule has 1 aromatic heterocycles. The Labute approximate surface area is 238 Å². The van der Waals surface area contributed by atoms with Crippen LogP contribution in [0.1, 0.15) is 42.7 Å². The molecule has 0 spiro atoms. The van der Waals surface area contributed by atoms with Crippen molar-refractivity contribution in [3.63, 3.8) is 0 Å². The summed E-state index contributed by atoms with van der Waals surface area (Å²) in [5.41, 5.74) is 0.413. The van der Waals surface area contributed by atoms with E-state index in [1.165, 1.54) is 16.8 Å². The van der Waals surface area contributed by atoms with E-state index in [1.807, 2.05) is 66.7 Å². The van der Waals surface area contributed by atoms with E-state index in [9.17, 15) is 9.59 Å². The molecule has 4 unspecified atom stereocenters. The highest BCUT2D eigenvalue weighted by atomic mass is 16.6. The second-order valence-electron chi connectivity index (χ2n) is 11.1. The van der Waals surface area contributed by atoms with Crippen LogP contribution in [0, 0.1) is 11.8 Å². The second-order valence-corrected chi connectivity index (χ2v) is 11.1. The van der Waals surface area contributed by atoms with Crippen molar-refractivity contribution in [2.45, 2.75) is 37.2 Å². The minimum absolute atomic E-state index is 0.121. The first-order valence-electron chi connectivity index (χ1n) is 13.9. The zero-order chi connectivity index (χ0) is 28.6. The van der Waals surface area contributed by atoms with Gasteiger partial charge in [0.25, 0.3) is 5.56 Å². The fourth-order valence-electron chi connectivity index (χ4n) is 6.63. The van der Waals surface area contributed by atoms with Gasteiger partial charge < -0.3 is 18.9 Å². The van der Waals surface area contributed by atoms with Gasteiger partial charge in [-0.05, 0) is 59.7 Å². The first-order valence-corrected chi connectivity index (χ1v) is 13.9. The van der Waals surface area contributed by atoms with Crippen molar-refractivity contribution < 1.29 is 18.9 Å². The molecule has 1 aliphatic carbocycles. The Hall–Kier alpha value is -4.14. The Morgan fingerprint density at radius 3 is 2.00 bits per heavy atom. The summed E-state index contributed by atoms with van der Waals surface area (Å²) in [6.07, 6.45) is 2.61. The largest absolute Gasteiger partial charge is 0.497 e. The Bertz CT molecular complexity index is 1570. The smallest absolute Gasteiger partial charge is 0.330 e. The molecule has 2 fully saturated rings. The lowest BCUT2D eigenvalue weighted by atomic mass is 9.79. The van der Waals surface area contributed by atoms with Crippen molar-refractivity contribution in [1.82, 2.24) is 9.55 Å². The maximum absolute atomic E-state index is 12.7. The lowest BCUT2D eigenvalue weighted by molar-refractivity contribution is -0.164. The average molecular weight is 555 g/mol. The highest BCUT2D eigenvalue weighted by Gasteiger charge is 2.57. The molecular weight excluding hydrogens is 520 g/mol. The molecule has 2 heterocycles. The zero-order valence-corrected chi connectivity index (χ0v) is 23.4. The van der Waals surface area contributed by atoms with Crippen LogP contribution in [0.5, 0.6) is 11.5 Å². The maximum atomic E-state index is 12.7. The van der Waals surface area contributed by atoms with Gasteiger partial charge in [0.2, 0.25) is 0 Å². The van der Waals surface area contributed by atoms with E-state index in [0.717, 1.165) is 41.0 Å². The average Bonchev–Trinajstić information content (AvgIpc) is 3.53. The van der Waals surface area contributed by atoms with Crippen LogP contribution in [0.15, 0.2) is 101 Å². The maximum Gasteiger partial charge on any atom is 0.330 e. The monoisotopic (exact) mass is 554 g/mol. The van der Waals surface area contributed by atoms with Gasteiger partial charge in [-0.2, -0.15) is 0 Å². The number of benzene rings is 3. The summed E-state index contributed by atoms with van der Waals surface area (Å²) in [4.78, 5) is 26.7. The third-order valence-electron chi connectivity index (χ3n) is 8.62. The first-order chi connectivity index (χ1) is 19.9. The normalized spacial score (nSPS) is 23.4. The number of methoxy groups -OCH3 is 2. The number of aromatic nitrogens is 2. The number of nitrogens with zero attached hydrogens (tertiary/aromatic N) is 1. The molecule has 41 heavy (non-hydrogen) atoms. The molecule has 212 valence electrons. The van der Waals surface area contributed by atoms with Gasteiger partial charge in [-0.3, -0.25) is 14.3 Å². The van der Waals surface area contributed by atoms with Gasteiger partial charge in [0, 0.05) is 18.2 Å². The molecule has 0 radical (unpaired) electrons. The van der Waals surface area contributed by atoms with Crippen molar-refractivity contribution in [1.29, 1.82) is 0 Å². The van der Waals surface area contributed by atoms with Crippen molar-refractivity contribution in [2.75, 3.05) is 20.8 Å². The van der Waals surface area contributed by atoms with E-state index in [2.05, 4.69) is 24.0 Å². The minimum Gasteiger partial charge on any atom is -0.497 e. The van der Waals surface area contributed by atoms with E-state index in [-0.39, 0.29) is 5.92 Å². The molecule has 6 rings (SSSR count). The van der Waals surface area contributed by atoms with Crippen LogP contribution in [0.25, 0.3) is 0 Å². The molecule has 8 heteroatoms. The van der Waals surface area contributed by atoms with Crippen LogP contribution in [-0.4, -0.2) is 36.0 Å². The molecule has 2 aliphatic rings. The van der Waals surface area contributed by atoms with Crippen LogP contribution in [-0.2, 0) is 15.1 Å². The van der Waals surface area contributed by atoms with Crippen molar-refractivity contribution in [3.05, 3.63) is 129 Å². The standard InChI is InChI=1S/C33H34N2O6/c1-22-19-32(20-28(22)30(41-32)35-18-17-29(36)34-31(35)37)21-40-33(23-7-5-4-6-8-23,24-9-13-26(38-2)14-10-24)25-11-15-27(39-3)16-12-25/h4-18,22,28,30H,19-21H2,1-3H3,(H,34,36,37). The van der Waals surface area contributed by atoms with Crippen LogP contribution in [0.4, 0.5) is 0 Å². The Balaban J connectivity index is 1.43. The van der Waals surface area contributed by atoms with Crippen LogP contribution < -0.4 is 20.7 Å². The number of nitrogens with one attached hydrogen (secondary N) is 1. The lowest BCUT2D eigenvalue weighted by Gasteiger charge is -2.40. The topological polar surface area (TPSA) is 91.8 Å². The fraction of sp³-hybridized carbons (Fsp3) is 0.333. The number of hydrogen-bond acceptors (Lipinski definition) is 6. The summed E-state index contributed by atoms with van der Waals surface area (Å²) in [7, 11) is 3.30. The first kappa shape index (κ1) is 27.1. The third-order valence-corrected chi connectivity index (χ3v) is 8.62. The van der Waals surface area contributed by atoms with Crippen molar-refractivity contribution in [3.8, 4) is 11.5 Å². The van der Waals surface area contributed by atoms with Gasteiger partial charge in [-0.25, -0.2) is 4.79 Å². The van der Waals surface area contributed by atoms with Crippen LogP contribution in [0.2, 0.25) is 0 Å². The predicted octanol–water partition coefficient (Wildman–Crippen LogP) is 4.88. The van der Waals surface area contributed by atoms with Crippen LogP contribution in [0.3, 0.4) is 0 Å². The molecule has 1 saturated carbocycles. The number of aromatic amines is 1. The summed E-state index contributed by atoms with van der Waals surface area (Å²) in [6.45, 7) is 2.49. The molecule has 4 aromatic rings. The zero-order valence-electron chi connectivity index (χ0n) is 23.4. The number of hydrogen-bond donors (Lipinski definition) is 1. The number of fused-ring (bicyclic) bond motifs is 2. The van der Waals surface area contributed by atoms with Gasteiger partial charge in [0.15, 0.2) is 0 Å². The Kier molecular flexibility index (Phi) is 7.05. The van der Waals surface area contributed by atoms with Gasteiger partial charge in [0.05, 0.1) is 26.4 Å². The third kappa shape index (κ3) is 4.77. The summed E-state index contributed by atoms with van der Waals surface area (Å²) >= 11 is 0. The van der Waals surface area contributed by atoms with E-state index < -0.39 is 28.7 Å². The Morgan fingerprint density at radius 1 is 0.854 bits per heavy atom. The lowest BCUT2D eigenvalue weighted by Crippen LogP contribution is -2.43. The van der Waals surface area contributed by atoms with Crippen LogP contribution >= 0.6 is 0 Å². The van der Waals surface area contributed by atoms with Gasteiger partial charge in [0.1, 0.15) is 23.3 Å². The number of H-pyrrole nitrogens is 1. The summed E-state index contributed by atoms with van der Waals surface area (Å²) < 4.78 is 26.3. The van der Waals surface area contributed by atoms with Crippen molar-refractivity contribution >= 4 is 0 Å². The summed E-state index contributed by atoms with van der Waals surface area (Å²) in [6, 6.07) is 27.4. The highest BCUT2D eigenvalue weighted by Crippen LogP contribution is 2.56. The summed E-state index contributed by atoms with van der Waals surface area (Å²) in [5.74, 6) is 1.94. The van der Waals surface area contributed by atoms with Crippen molar-refractivity contribution in [2.24, 2.45) is 11.8 Å². The summed E-state index contributed by atoms with van der Waals surface area (Å²) in [5, 5.41) is 0. The van der Waals surface area contributed by atoms with E-state index in [4.69, 9.17) is 18.9 Å². The van der Waals surface area contributed by atoms with E-state index in [1.54, 1.807) is 14.2 Å². The molecule has 0 amide bonds. The van der Waals surface area contributed by atoms with Gasteiger partial charge in [-0.15, -0.1) is 0 Å². The molecule has 1 aliphatic heterocycles. The number of rotatable bonds is 9.